The Morgan fingerprint density at radius 3 is 2.62 bits per heavy atom. The van der Waals surface area contributed by atoms with E-state index < -0.39 is 10.0 Å². The van der Waals surface area contributed by atoms with Crippen LogP contribution in [-0.4, -0.2) is 27.5 Å². The normalized spacial score (nSPS) is 31.9. The number of hydrogen-bond acceptors (Lipinski definition) is 4. The zero-order chi connectivity index (χ0) is 10.5. The summed E-state index contributed by atoms with van der Waals surface area (Å²) in [5.41, 5.74) is 0. The predicted molar refractivity (Wildman–Crippen MR) is 65.5 cm³/mol. The maximum absolute atomic E-state index is 11.9. The van der Waals surface area contributed by atoms with E-state index in [-0.39, 0.29) is 18.4 Å². The number of piperidine rings is 1. The van der Waals surface area contributed by atoms with Crippen molar-refractivity contribution in [3.8, 4) is 0 Å². The lowest BCUT2D eigenvalue weighted by molar-refractivity contribution is 0.567. The molecule has 2 aliphatic rings. The molecule has 1 aliphatic heterocycles. The van der Waals surface area contributed by atoms with E-state index in [2.05, 4.69) is 10.0 Å². The lowest BCUT2D eigenvalue weighted by Gasteiger charge is -2.06. The van der Waals surface area contributed by atoms with Crippen molar-refractivity contribution in [2.24, 2.45) is 11.8 Å². The van der Waals surface area contributed by atoms with Crippen molar-refractivity contribution in [3.63, 3.8) is 0 Å². The van der Waals surface area contributed by atoms with E-state index in [1.807, 2.05) is 0 Å². The Balaban J connectivity index is 0.000000963. The molecule has 0 amide bonds. The molecular weight excluding hydrogens is 268 g/mol. The first-order valence-electron chi connectivity index (χ1n) is 4.95. The standard InChI is InChI=1S/C9H12N2O2S2.ClH/c12-15(13,8-2-1-3-14-8)11-9-6-4-10-5-7(6)9;/h1-3,6-7,9-11H,4-5H2;1H. The highest BCUT2D eigenvalue weighted by Gasteiger charge is 2.54. The topological polar surface area (TPSA) is 58.2 Å². The molecule has 0 bridgehead atoms. The highest BCUT2D eigenvalue weighted by Crippen LogP contribution is 2.42. The molecule has 4 nitrogen and oxygen atoms in total. The first-order chi connectivity index (χ1) is 7.18. The van der Waals surface area contributed by atoms with Crippen LogP contribution >= 0.6 is 23.7 Å². The minimum absolute atomic E-state index is 0. The summed E-state index contributed by atoms with van der Waals surface area (Å²) in [6.45, 7) is 1.89. The number of sulfonamides is 1. The second-order valence-electron chi connectivity index (χ2n) is 4.07. The van der Waals surface area contributed by atoms with E-state index in [4.69, 9.17) is 0 Å². The van der Waals surface area contributed by atoms with Crippen LogP contribution in [0.1, 0.15) is 0 Å². The number of thiophene rings is 1. The second-order valence-corrected chi connectivity index (χ2v) is 6.95. The Morgan fingerprint density at radius 1 is 1.38 bits per heavy atom. The van der Waals surface area contributed by atoms with Crippen LogP contribution in [0.25, 0.3) is 0 Å². The third kappa shape index (κ3) is 2.00. The summed E-state index contributed by atoms with van der Waals surface area (Å²) >= 11 is 1.26. The van der Waals surface area contributed by atoms with Gasteiger partial charge in [-0.2, -0.15) is 0 Å². The summed E-state index contributed by atoms with van der Waals surface area (Å²) in [5, 5.41) is 5.02. The molecule has 16 heavy (non-hydrogen) atoms. The van der Waals surface area contributed by atoms with Crippen LogP contribution in [-0.2, 0) is 10.0 Å². The summed E-state index contributed by atoms with van der Waals surface area (Å²) in [4.78, 5) is 0. The van der Waals surface area contributed by atoms with Crippen LogP contribution in [0.15, 0.2) is 21.7 Å². The highest BCUT2D eigenvalue weighted by molar-refractivity contribution is 7.91. The molecule has 0 spiro atoms. The van der Waals surface area contributed by atoms with E-state index >= 15 is 0 Å². The molecule has 1 aromatic heterocycles. The molecule has 7 heteroatoms. The zero-order valence-corrected chi connectivity index (χ0v) is 10.9. The van der Waals surface area contributed by atoms with Gasteiger partial charge < -0.3 is 5.32 Å². The van der Waals surface area contributed by atoms with Crippen molar-refractivity contribution in [1.29, 1.82) is 0 Å². The quantitative estimate of drug-likeness (QED) is 0.855. The average Bonchev–Trinajstić information content (AvgIpc) is 2.75. The van der Waals surface area contributed by atoms with Gasteiger partial charge >= 0.3 is 0 Å². The SMILES string of the molecule is Cl.O=S(=O)(NC1C2CNCC21)c1cccs1. The average molecular weight is 281 g/mol. The molecular formula is C9H13ClN2O2S2. The first kappa shape index (κ1) is 12.3. The van der Waals surface area contributed by atoms with Crippen molar-refractivity contribution >= 4 is 33.8 Å². The fraction of sp³-hybridized carbons (Fsp3) is 0.556. The summed E-state index contributed by atoms with van der Waals surface area (Å²) in [7, 11) is -3.25. The number of nitrogens with one attached hydrogen (secondary N) is 2. The highest BCUT2D eigenvalue weighted by atomic mass is 35.5. The van der Waals surface area contributed by atoms with Gasteiger partial charge in [0.15, 0.2) is 0 Å². The molecule has 2 atom stereocenters. The predicted octanol–water partition coefficient (Wildman–Crippen LogP) is 0.666. The van der Waals surface area contributed by atoms with Gasteiger partial charge in [0.25, 0.3) is 0 Å². The second kappa shape index (κ2) is 4.27. The van der Waals surface area contributed by atoms with Gasteiger partial charge in [-0.3, -0.25) is 0 Å². The lowest BCUT2D eigenvalue weighted by Crippen LogP contribution is -2.32. The molecule has 1 aromatic rings. The summed E-state index contributed by atoms with van der Waals surface area (Å²) in [6, 6.07) is 3.57. The Labute approximate surface area is 105 Å². The molecule has 3 rings (SSSR count). The van der Waals surface area contributed by atoms with Crippen LogP contribution in [0.3, 0.4) is 0 Å². The van der Waals surface area contributed by atoms with Gasteiger partial charge in [-0.05, 0) is 36.4 Å². The van der Waals surface area contributed by atoms with Crippen molar-refractivity contribution in [2.75, 3.05) is 13.1 Å². The van der Waals surface area contributed by atoms with E-state index in [1.54, 1.807) is 17.5 Å². The fourth-order valence-corrected chi connectivity index (χ4v) is 4.59. The Morgan fingerprint density at radius 2 is 2.06 bits per heavy atom. The van der Waals surface area contributed by atoms with Crippen molar-refractivity contribution in [2.45, 2.75) is 10.3 Å². The minimum atomic E-state index is -3.25. The molecule has 90 valence electrons. The third-order valence-electron chi connectivity index (χ3n) is 3.14. The van der Waals surface area contributed by atoms with Crippen LogP contribution < -0.4 is 10.0 Å². The summed E-state index contributed by atoms with van der Waals surface area (Å²) < 4.78 is 26.9. The molecule has 1 saturated heterocycles. The molecule has 2 N–H and O–H groups in total. The first-order valence-corrected chi connectivity index (χ1v) is 7.31. The molecule has 0 aromatic carbocycles. The largest absolute Gasteiger partial charge is 0.316 e. The van der Waals surface area contributed by atoms with Gasteiger partial charge in [0.1, 0.15) is 4.21 Å². The van der Waals surface area contributed by atoms with Gasteiger partial charge in [-0.1, -0.05) is 6.07 Å². The number of halogens is 1. The van der Waals surface area contributed by atoms with Crippen molar-refractivity contribution in [3.05, 3.63) is 17.5 Å². The van der Waals surface area contributed by atoms with E-state index in [1.165, 1.54) is 11.3 Å². The maximum atomic E-state index is 11.9. The molecule has 2 unspecified atom stereocenters. The van der Waals surface area contributed by atoms with E-state index in [0.717, 1.165) is 13.1 Å². The van der Waals surface area contributed by atoms with Gasteiger partial charge in [-0.15, -0.1) is 23.7 Å². The Bertz CT molecular complexity index is 450. The Kier molecular flexibility index (Phi) is 3.29. The summed E-state index contributed by atoms with van der Waals surface area (Å²) in [6.07, 6.45) is 0. The van der Waals surface area contributed by atoms with Crippen LogP contribution in [0, 0.1) is 11.8 Å². The maximum Gasteiger partial charge on any atom is 0.250 e. The molecule has 1 saturated carbocycles. The Hall–Kier alpha value is -0.140. The fourth-order valence-electron chi connectivity index (χ4n) is 2.25. The molecule has 1 aliphatic carbocycles. The number of rotatable bonds is 3. The smallest absolute Gasteiger partial charge is 0.250 e. The lowest BCUT2D eigenvalue weighted by atomic mass is 10.4. The van der Waals surface area contributed by atoms with E-state index in [0.29, 0.717) is 16.0 Å². The van der Waals surface area contributed by atoms with Gasteiger partial charge in [0.2, 0.25) is 10.0 Å². The van der Waals surface area contributed by atoms with Crippen molar-refractivity contribution in [1.82, 2.24) is 10.0 Å². The van der Waals surface area contributed by atoms with Crippen molar-refractivity contribution < 1.29 is 8.42 Å². The third-order valence-corrected chi connectivity index (χ3v) is 6.00. The van der Waals surface area contributed by atoms with Crippen LogP contribution in [0.5, 0.6) is 0 Å². The van der Waals surface area contributed by atoms with Crippen LogP contribution in [0.4, 0.5) is 0 Å². The van der Waals surface area contributed by atoms with Gasteiger partial charge in [0, 0.05) is 6.04 Å². The van der Waals surface area contributed by atoms with Gasteiger partial charge in [-0.25, -0.2) is 13.1 Å². The monoisotopic (exact) mass is 280 g/mol. The van der Waals surface area contributed by atoms with Crippen LogP contribution in [0.2, 0.25) is 0 Å². The zero-order valence-electron chi connectivity index (χ0n) is 8.42. The molecule has 2 heterocycles. The molecule has 0 radical (unpaired) electrons. The van der Waals surface area contributed by atoms with Gasteiger partial charge in [0.05, 0.1) is 0 Å². The summed E-state index contributed by atoms with van der Waals surface area (Å²) in [5.74, 6) is 1.03. The molecule has 2 fully saturated rings. The number of fused-ring (bicyclic) bond motifs is 1. The minimum Gasteiger partial charge on any atom is -0.316 e. The number of hydrogen-bond donors (Lipinski definition) is 2. The van der Waals surface area contributed by atoms with E-state index in [9.17, 15) is 8.42 Å².